The van der Waals surface area contributed by atoms with Crippen molar-refractivity contribution in [3.63, 3.8) is 0 Å². The summed E-state index contributed by atoms with van der Waals surface area (Å²) in [6, 6.07) is 15.3. The van der Waals surface area contributed by atoms with Crippen molar-refractivity contribution in [1.82, 2.24) is 5.32 Å². The Morgan fingerprint density at radius 2 is 1.79 bits per heavy atom. The zero-order chi connectivity index (χ0) is 17.5. The van der Waals surface area contributed by atoms with E-state index in [-0.39, 0.29) is 18.4 Å². The zero-order valence-electron chi connectivity index (χ0n) is 14.1. The van der Waals surface area contributed by atoms with E-state index in [1.54, 1.807) is 0 Å². The molecular weight excluding hydrogens is 302 g/mol. The molecule has 4 nitrogen and oxygen atoms in total. The monoisotopic (exact) mass is 325 g/mol. The summed E-state index contributed by atoms with van der Waals surface area (Å²) in [5.74, 6) is -1.01. The fourth-order valence-corrected chi connectivity index (χ4v) is 2.75. The van der Waals surface area contributed by atoms with Crippen LogP contribution in [0.4, 0.5) is 0 Å². The predicted octanol–water partition coefficient (Wildman–Crippen LogP) is 3.51. The fourth-order valence-electron chi connectivity index (χ4n) is 2.75. The quantitative estimate of drug-likeness (QED) is 0.818. The molecule has 2 N–H and O–H groups in total. The first-order chi connectivity index (χ1) is 11.5. The summed E-state index contributed by atoms with van der Waals surface area (Å²) in [6.07, 6.45) is 1.05. The van der Waals surface area contributed by atoms with Crippen LogP contribution in [0.2, 0.25) is 0 Å². The maximum absolute atomic E-state index is 12.6. The van der Waals surface area contributed by atoms with Crippen molar-refractivity contribution in [2.75, 3.05) is 0 Å². The summed E-state index contributed by atoms with van der Waals surface area (Å²) in [5, 5.41) is 11.9. The summed E-state index contributed by atoms with van der Waals surface area (Å²) in [6.45, 7) is 3.89. The number of aryl methyl sites for hydroxylation is 2. The molecule has 0 aliphatic rings. The Labute approximate surface area is 142 Å². The smallest absolute Gasteiger partial charge is 0.303 e. The summed E-state index contributed by atoms with van der Waals surface area (Å²) >= 11 is 0. The molecule has 1 atom stereocenters. The standard InChI is InChI=1S/C20H23NO3/c1-14-8-10-18(15(2)12-14)20(24)21-17(9-11-19(22)23)13-16-6-4-3-5-7-16/h3-8,10,12,17H,9,11,13H2,1-2H3,(H,21,24)(H,22,23). The summed E-state index contributed by atoms with van der Waals surface area (Å²) in [4.78, 5) is 23.5. The lowest BCUT2D eigenvalue weighted by atomic mass is 10.00. The van der Waals surface area contributed by atoms with Crippen molar-refractivity contribution in [2.24, 2.45) is 0 Å². The third kappa shape index (κ3) is 5.23. The molecule has 126 valence electrons. The number of rotatable bonds is 7. The molecular formula is C20H23NO3. The van der Waals surface area contributed by atoms with E-state index in [1.807, 2.05) is 62.4 Å². The highest BCUT2D eigenvalue weighted by atomic mass is 16.4. The molecule has 0 radical (unpaired) electrons. The van der Waals surface area contributed by atoms with E-state index in [0.29, 0.717) is 18.4 Å². The first-order valence-electron chi connectivity index (χ1n) is 8.09. The first kappa shape index (κ1) is 17.7. The highest BCUT2D eigenvalue weighted by Crippen LogP contribution is 2.13. The predicted molar refractivity (Wildman–Crippen MR) is 94.2 cm³/mol. The van der Waals surface area contributed by atoms with E-state index < -0.39 is 5.97 Å². The lowest BCUT2D eigenvalue weighted by Crippen LogP contribution is -2.37. The molecule has 24 heavy (non-hydrogen) atoms. The molecule has 2 rings (SSSR count). The highest BCUT2D eigenvalue weighted by Gasteiger charge is 2.17. The number of carboxylic acids is 1. The van der Waals surface area contributed by atoms with Gasteiger partial charge in [0, 0.05) is 18.0 Å². The molecule has 0 aromatic heterocycles. The maximum atomic E-state index is 12.6. The molecule has 0 saturated heterocycles. The second kappa shape index (κ2) is 8.29. The first-order valence-corrected chi connectivity index (χ1v) is 8.09. The van der Waals surface area contributed by atoms with Crippen LogP contribution < -0.4 is 5.32 Å². The molecule has 0 bridgehead atoms. The molecule has 0 heterocycles. The van der Waals surface area contributed by atoms with Gasteiger partial charge < -0.3 is 10.4 Å². The SMILES string of the molecule is Cc1ccc(C(=O)NC(CCC(=O)O)Cc2ccccc2)c(C)c1. The Bertz CT molecular complexity index is 710. The van der Waals surface area contributed by atoms with E-state index in [1.165, 1.54) is 0 Å². The molecule has 0 spiro atoms. The van der Waals surface area contributed by atoms with Crippen molar-refractivity contribution in [3.05, 3.63) is 70.8 Å². The fraction of sp³-hybridized carbons (Fsp3) is 0.300. The molecule has 0 fully saturated rings. The van der Waals surface area contributed by atoms with E-state index >= 15 is 0 Å². The van der Waals surface area contributed by atoms with Crippen LogP contribution in [-0.2, 0) is 11.2 Å². The molecule has 2 aromatic carbocycles. The lowest BCUT2D eigenvalue weighted by Gasteiger charge is -2.19. The molecule has 4 heteroatoms. The Hall–Kier alpha value is -2.62. The number of carbonyl (C=O) groups is 2. The second-order valence-corrected chi connectivity index (χ2v) is 6.11. The average Bonchev–Trinajstić information content (AvgIpc) is 2.53. The summed E-state index contributed by atoms with van der Waals surface area (Å²) in [7, 11) is 0. The van der Waals surface area contributed by atoms with Gasteiger partial charge in [-0.05, 0) is 43.9 Å². The Morgan fingerprint density at radius 3 is 2.42 bits per heavy atom. The van der Waals surface area contributed by atoms with Crippen molar-refractivity contribution >= 4 is 11.9 Å². The van der Waals surface area contributed by atoms with Gasteiger partial charge in [-0.3, -0.25) is 9.59 Å². The van der Waals surface area contributed by atoms with E-state index in [2.05, 4.69) is 5.32 Å². The van der Waals surface area contributed by atoms with Gasteiger partial charge in [0.25, 0.3) is 5.91 Å². The zero-order valence-corrected chi connectivity index (χ0v) is 14.1. The second-order valence-electron chi connectivity index (χ2n) is 6.11. The van der Waals surface area contributed by atoms with Gasteiger partial charge >= 0.3 is 5.97 Å². The third-order valence-corrected chi connectivity index (χ3v) is 3.99. The van der Waals surface area contributed by atoms with Gasteiger partial charge in [0.2, 0.25) is 0 Å². The number of amides is 1. The molecule has 1 unspecified atom stereocenters. The van der Waals surface area contributed by atoms with Crippen LogP contribution in [0.15, 0.2) is 48.5 Å². The van der Waals surface area contributed by atoms with Crippen LogP contribution in [-0.4, -0.2) is 23.0 Å². The van der Waals surface area contributed by atoms with Gasteiger partial charge in [-0.15, -0.1) is 0 Å². The Balaban J connectivity index is 2.11. The number of aliphatic carboxylic acids is 1. The van der Waals surface area contributed by atoms with Crippen LogP contribution in [0, 0.1) is 13.8 Å². The number of hydrogen-bond donors (Lipinski definition) is 2. The largest absolute Gasteiger partial charge is 0.481 e. The van der Waals surface area contributed by atoms with Crippen LogP contribution >= 0.6 is 0 Å². The van der Waals surface area contributed by atoms with E-state index in [4.69, 9.17) is 5.11 Å². The van der Waals surface area contributed by atoms with Crippen LogP contribution in [0.25, 0.3) is 0 Å². The lowest BCUT2D eigenvalue weighted by molar-refractivity contribution is -0.137. The number of hydrogen-bond acceptors (Lipinski definition) is 2. The minimum atomic E-state index is -0.853. The number of benzene rings is 2. The number of carbonyl (C=O) groups excluding carboxylic acids is 1. The third-order valence-electron chi connectivity index (χ3n) is 3.99. The van der Waals surface area contributed by atoms with Crippen molar-refractivity contribution < 1.29 is 14.7 Å². The van der Waals surface area contributed by atoms with Crippen molar-refractivity contribution in [3.8, 4) is 0 Å². The number of nitrogens with one attached hydrogen (secondary N) is 1. The van der Waals surface area contributed by atoms with Crippen LogP contribution in [0.1, 0.15) is 39.9 Å². The molecule has 2 aromatic rings. The highest BCUT2D eigenvalue weighted by molar-refractivity contribution is 5.95. The molecule has 1 amide bonds. The topological polar surface area (TPSA) is 66.4 Å². The van der Waals surface area contributed by atoms with Gasteiger partial charge in [-0.2, -0.15) is 0 Å². The summed E-state index contributed by atoms with van der Waals surface area (Å²) in [5.41, 5.74) is 3.74. The van der Waals surface area contributed by atoms with Gasteiger partial charge in [0.05, 0.1) is 0 Å². The van der Waals surface area contributed by atoms with Gasteiger partial charge in [-0.25, -0.2) is 0 Å². The minimum absolute atomic E-state index is 0.0324. The molecule has 0 aliphatic heterocycles. The van der Waals surface area contributed by atoms with E-state index in [9.17, 15) is 9.59 Å². The van der Waals surface area contributed by atoms with Crippen LogP contribution in [0.3, 0.4) is 0 Å². The van der Waals surface area contributed by atoms with Gasteiger partial charge in [0.1, 0.15) is 0 Å². The number of carboxylic acid groups (broad SMARTS) is 1. The average molecular weight is 325 g/mol. The minimum Gasteiger partial charge on any atom is -0.481 e. The van der Waals surface area contributed by atoms with Crippen molar-refractivity contribution in [2.45, 2.75) is 39.2 Å². The Kier molecular flexibility index (Phi) is 6.13. The molecule has 0 aliphatic carbocycles. The van der Waals surface area contributed by atoms with E-state index in [0.717, 1.165) is 16.7 Å². The van der Waals surface area contributed by atoms with Crippen molar-refractivity contribution in [1.29, 1.82) is 0 Å². The normalized spacial score (nSPS) is 11.8. The summed E-state index contributed by atoms with van der Waals surface area (Å²) < 4.78 is 0. The van der Waals surface area contributed by atoms with Crippen LogP contribution in [0.5, 0.6) is 0 Å². The van der Waals surface area contributed by atoms with Gasteiger partial charge in [0.15, 0.2) is 0 Å². The van der Waals surface area contributed by atoms with Gasteiger partial charge in [-0.1, -0.05) is 48.0 Å². The Morgan fingerprint density at radius 1 is 1.08 bits per heavy atom. The molecule has 0 saturated carbocycles. The maximum Gasteiger partial charge on any atom is 0.303 e.